The molecule has 0 aliphatic carbocycles. The maximum absolute atomic E-state index is 12.1. The molecule has 1 aliphatic heterocycles. The van der Waals surface area contributed by atoms with E-state index >= 15 is 0 Å². The normalized spacial score (nSPS) is 23.8. The summed E-state index contributed by atoms with van der Waals surface area (Å²) in [5, 5.41) is 39.0. The van der Waals surface area contributed by atoms with Gasteiger partial charge < -0.3 is 34.6 Å². The topological polar surface area (TPSA) is 126 Å². The van der Waals surface area contributed by atoms with Crippen LogP contribution in [0.2, 0.25) is 0 Å². The molecule has 1 saturated heterocycles. The van der Waals surface area contributed by atoms with Crippen LogP contribution in [0.3, 0.4) is 0 Å². The Morgan fingerprint density at radius 1 is 0.816 bits per heavy atom. The van der Waals surface area contributed by atoms with Gasteiger partial charge in [0.1, 0.15) is 35.9 Å². The molecule has 0 amide bonds. The van der Waals surface area contributed by atoms with Gasteiger partial charge in [-0.15, -0.1) is 0 Å². The summed E-state index contributed by atoms with van der Waals surface area (Å²) in [6.45, 7) is 1.69. The van der Waals surface area contributed by atoms with Crippen molar-refractivity contribution in [3.05, 3.63) is 48.6 Å². The van der Waals surface area contributed by atoms with Gasteiger partial charge >= 0.3 is 5.97 Å². The zero-order valence-electron chi connectivity index (χ0n) is 22.6. The van der Waals surface area contributed by atoms with Crippen molar-refractivity contribution in [3.8, 4) is 11.5 Å². The number of carbonyl (C=O) groups excluding carboxylic acids is 1. The molecule has 8 nitrogen and oxygen atoms in total. The third kappa shape index (κ3) is 12.1. The predicted molar refractivity (Wildman–Crippen MR) is 146 cm³/mol. The average Bonchev–Trinajstić information content (AvgIpc) is 2.92. The van der Waals surface area contributed by atoms with Gasteiger partial charge in [0.2, 0.25) is 6.29 Å². The number of ether oxygens (including phenoxy) is 3. The second-order valence-corrected chi connectivity index (χ2v) is 9.74. The minimum atomic E-state index is -1.51. The summed E-state index contributed by atoms with van der Waals surface area (Å²) in [5.74, 6) is 0.389. The molecule has 0 saturated carbocycles. The van der Waals surface area contributed by atoms with Crippen LogP contribution in [0.25, 0.3) is 0 Å². The van der Waals surface area contributed by atoms with Crippen molar-refractivity contribution in [2.24, 2.45) is 0 Å². The Kier molecular flexibility index (Phi) is 15.9. The van der Waals surface area contributed by atoms with Gasteiger partial charge in [-0.3, -0.25) is 4.79 Å². The van der Waals surface area contributed by atoms with E-state index in [0.717, 1.165) is 38.5 Å². The summed E-state index contributed by atoms with van der Waals surface area (Å²) in [7, 11) is 0. The van der Waals surface area contributed by atoms with Gasteiger partial charge in [-0.1, -0.05) is 63.3 Å². The number of aliphatic hydroxyl groups is 4. The van der Waals surface area contributed by atoms with Crippen molar-refractivity contribution in [1.29, 1.82) is 0 Å². The quantitative estimate of drug-likeness (QED) is 0.0933. The minimum absolute atomic E-state index is 0.293. The van der Waals surface area contributed by atoms with Gasteiger partial charge in [-0.2, -0.15) is 0 Å². The van der Waals surface area contributed by atoms with Crippen LogP contribution in [-0.2, 0) is 9.53 Å². The lowest BCUT2D eigenvalue weighted by Gasteiger charge is -2.39. The maximum Gasteiger partial charge on any atom is 0.311 e. The largest absolute Gasteiger partial charge is 0.462 e. The number of hydrogen-bond donors (Lipinski definition) is 4. The van der Waals surface area contributed by atoms with Gasteiger partial charge in [-0.25, -0.2) is 0 Å². The molecule has 1 aliphatic rings. The van der Waals surface area contributed by atoms with E-state index in [1.54, 1.807) is 24.3 Å². The second-order valence-electron chi connectivity index (χ2n) is 9.74. The fourth-order valence-electron chi connectivity index (χ4n) is 4.15. The molecular weight excluding hydrogens is 488 g/mol. The van der Waals surface area contributed by atoms with Gasteiger partial charge in [0.25, 0.3) is 0 Å². The van der Waals surface area contributed by atoms with Crippen molar-refractivity contribution in [1.82, 2.24) is 0 Å². The highest BCUT2D eigenvalue weighted by Crippen LogP contribution is 2.26. The lowest BCUT2D eigenvalue weighted by atomic mass is 9.99. The first-order valence-electron chi connectivity index (χ1n) is 14.0. The SMILES string of the molecule is CCCCC/C=C\C/C=C\CCCCCCCC(=O)Oc1ccc(O[C@@H]2O[C@H](CO)[C@@H](O)[C@H](O)[C@H]2O)cc1. The minimum Gasteiger partial charge on any atom is -0.462 e. The van der Waals surface area contributed by atoms with E-state index in [-0.39, 0.29) is 5.97 Å². The fraction of sp³-hybridized carbons (Fsp3) is 0.633. The molecule has 8 heteroatoms. The molecule has 38 heavy (non-hydrogen) atoms. The van der Waals surface area contributed by atoms with Crippen molar-refractivity contribution < 1.29 is 39.4 Å². The highest BCUT2D eigenvalue weighted by Gasteiger charge is 2.44. The number of aliphatic hydroxyl groups excluding tert-OH is 4. The molecule has 0 bridgehead atoms. The number of hydrogen-bond acceptors (Lipinski definition) is 8. The Hall–Kier alpha value is -2.23. The number of allylic oxidation sites excluding steroid dienone is 4. The molecule has 0 radical (unpaired) electrons. The van der Waals surface area contributed by atoms with Crippen LogP contribution >= 0.6 is 0 Å². The van der Waals surface area contributed by atoms with E-state index < -0.39 is 37.3 Å². The molecule has 4 N–H and O–H groups in total. The standard InChI is InChI=1S/C30H46O8/c1-2-3-4-5-6-7-8-9-10-11-12-13-14-15-16-17-26(32)36-23-18-20-24(21-19-23)37-30-29(35)28(34)27(33)25(22-31)38-30/h6-7,9-10,18-21,25,27-31,33-35H,2-5,8,11-17,22H2,1H3/b7-6-,10-9-/t25-,27-,28+,29-,30-/m1/s1. The highest BCUT2D eigenvalue weighted by molar-refractivity contribution is 5.72. The molecule has 1 fully saturated rings. The van der Waals surface area contributed by atoms with E-state index in [1.807, 2.05) is 0 Å². The maximum atomic E-state index is 12.1. The first-order chi connectivity index (χ1) is 18.5. The molecule has 1 aromatic rings. The van der Waals surface area contributed by atoms with Crippen LogP contribution in [0, 0.1) is 0 Å². The molecule has 5 atom stereocenters. The molecule has 1 heterocycles. The lowest BCUT2D eigenvalue weighted by molar-refractivity contribution is -0.277. The molecule has 0 unspecified atom stereocenters. The fourth-order valence-corrected chi connectivity index (χ4v) is 4.15. The van der Waals surface area contributed by atoms with Crippen molar-refractivity contribution in [2.45, 2.75) is 115 Å². The van der Waals surface area contributed by atoms with E-state index in [4.69, 9.17) is 14.2 Å². The Morgan fingerprint density at radius 2 is 1.42 bits per heavy atom. The summed E-state index contributed by atoms with van der Waals surface area (Å²) in [4.78, 5) is 12.1. The van der Waals surface area contributed by atoms with Crippen molar-refractivity contribution in [2.75, 3.05) is 6.61 Å². The number of rotatable bonds is 18. The number of unbranched alkanes of at least 4 members (excludes halogenated alkanes) is 8. The van der Waals surface area contributed by atoms with Gasteiger partial charge in [0, 0.05) is 6.42 Å². The highest BCUT2D eigenvalue weighted by atomic mass is 16.7. The molecule has 1 aromatic carbocycles. The van der Waals surface area contributed by atoms with Crippen LogP contribution in [0.1, 0.15) is 84.0 Å². The summed E-state index contributed by atoms with van der Waals surface area (Å²) in [5.41, 5.74) is 0. The van der Waals surface area contributed by atoms with Gasteiger partial charge in [-0.05, 0) is 62.8 Å². The van der Waals surface area contributed by atoms with E-state index in [2.05, 4.69) is 31.2 Å². The molecule has 2 rings (SSSR count). The monoisotopic (exact) mass is 534 g/mol. The summed E-state index contributed by atoms with van der Waals surface area (Å²) < 4.78 is 16.2. The molecule has 214 valence electrons. The molecule has 0 spiro atoms. The van der Waals surface area contributed by atoms with Crippen LogP contribution in [0.5, 0.6) is 11.5 Å². The zero-order chi connectivity index (χ0) is 27.6. The Labute approximate surface area is 226 Å². The summed E-state index contributed by atoms with van der Waals surface area (Å²) >= 11 is 0. The Balaban J connectivity index is 1.54. The molecule has 0 aromatic heterocycles. The van der Waals surface area contributed by atoms with E-state index in [0.29, 0.717) is 17.9 Å². The van der Waals surface area contributed by atoms with Crippen molar-refractivity contribution >= 4 is 5.97 Å². The predicted octanol–water partition coefficient (Wildman–Crippen LogP) is 4.58. The van der Waals surface area contributed by atoms with Crippen molar-refractivity contribution in [3.63, 3.8) is 0 Å². The third-order valence-electron chi connectivity index (χ3n) is 6.49. The first-order valence-corrected chi connectivity index (χ1v) is 14.0. The Morgan fingerprint density at radius 3 is 2.08 bits per heavy atom. The van der Waals surface area contributed by atoms with Crippen LogP contribution in [0.4, 0.5) is 0 Å². The summed E-state index contributed by atoms with van der Waals surface area (Å²) in [6.07, 6.45) is 15.0. The van der Waals surface area contributed by atoms with Crippen LogP contribution in [0.15, 0.2) is 48.6 Å². The van der Waals surface area contributed by atoms with E-state index in [1.165, 1.54) is 32.1 Å². The van der Waals surface area contributed by atoms with Gasteiger partial charge in [0.15, 0.2) is 0 Å². The zero-order valence-corrected chi connectivity index (χ0v) is 22.6. The van der Waals surface area contributed by atoms with E-state index in [9.17, 15) is 25.2 Å². The third-order valence-corrected chi connectivity index (χ3v) is 6.49. The second kappa shape index (κ2) is 18.9. The van der Waals surface area contributed by atoms with Gasteiger partial charge in [0.05, 0.1) is 6.61 Å². The lowest BCUT2D eigenvalue weighted by Crippen LogP contribution is -2.60. The first kappa shape index (κ1) is 32.0. The number of carbonyl (C=O) groups is 1. The number of esters is 1. The average molecular weight is 535 g/mol. The van der Waals surface area contributed by atoms with Crippen LogP contribution in [-0.4, -0.2) is 63.7 Å². The summed E-state index contributed by atoms with van der Waals surface area (Å²) in [6, 6.07) is 6.21. The number of benzene rings is 1. The van der Waals surface area contributed by atoms with Crippen LogP contribution < -0.4 is 9.47 Å². The Bertz CT molecular complexity index is 820. The smallest absolute Gasteiger partial charge is 0.311 e. The molecular formula is C30H46O8.